The van der Waals surface area contributed by atoms with Gasteiger partial charge in [-0.05, 0) is 159 Å². The Morgan fingerprint density at radius 3 is 1.80 bits per heavy atom. The third-order valence-electron chi connectivity index (χ3n) is 15.0. The Kier molecular flexibility index (Phi) is 9.18. The van der Waals surface area contributed by atoms with E-state index in [0.717, 1.165) is 17.8 Å². The van der Waals surface area contributed by atoms with Crippen molar-refractivity contribution in [1.82, 2.24) is 0 Å². The summed E-state index contributed by atoms with van der Waals surface area (Å²) in [5, 5.41) is 0. The summed E-state index contributed by atoms with van der Waals surface area (Å²) in [5.41, 5.74) is 19.7. The van der Waals surface area contributed by atoms with Crippen LogP contribution in [0.2, 0.25) is 0 Å². The molecule has 0 aliphatic heterocycles. The van der Waals surface area contributed by atoms with E-state index < -0.39 is 0 Å². The molecule has 3 unspecified atom stereocenters. The summed E-state index contributed by atoms with van der Waals surface area (Å²) in [6.45, 7) is 4.85. The third-order valence-corrected chi connectivity index (χ3v) is 15.0. The van der Waals surface area contributed by atoms with E-state index in [9.17, 15) is 0 Å². The first-order valence-corrected chi connectivity index (χ1v) is 22.5. The van der Waals surface area contributed by atoms with Crippen LogP contribution in [0.1, 0.15) is 106 Å². The Hall–Kier alpha value is -5.66. The van der Waals surface area contributed by atoms with Crippen LogP contribution in [0.15, 0.2) is 164 Å². The standard InChI is InChI=1S/C58H55N/c1-58(2)56-38-51(33-34-53(56)54-18-10-17-52(57(54)58)44-23-21-42(22-24-44)40-11-5-3-6-12-40)59(50-31-27-45(28-32-50)55-36-39-19-20-48(55)35-39)49-29-25-43(26-30-49)47-16-9-15-46(37-47)41-13-7-4-8-14-41/h3,5-6,9-12,15-18,21-34,37-39,41,48,55H,4,7-8,13-14,19-20,35-36H2,1-2H3. The molecule has 7 aromatic carbocycles. The van der Waals surface area contributed by atoms with Crippen molar-refractivity contribution in [3.8, 4) is 44.5 Å². The Morgan fingerprint density at radius 1 is 0.441 bits per heavy atom. The SMILES string of the molecule is CC1(C)c2cc(N(c3ccc(-c4cccc(C5CCCCC5)c4)cc3)c3ccc(C4CC5CCC4C5)cc3)ccc2-c2cccc(-c3ccc(-c4ccccc4)cc3)c21. The van der Waals surface area contributed by atoms with Crippen molar-refractivity contribution in [3.63, 3.8) is 0 Å². The van der Waals surface area contributed by atoms with Crippen LogP contribution in [-0.4, -0.2) is 0 Å². The molecule has 1 heteroatoms. The van der Waals surface area contributed by atoms with Gasteiger partial charge in [0.15, 0.2) is 0 Å². The summed E-state index contributed by atoms with van der Waals surface area (Å²) in [6.07, 6.45) is 12.4. The zero-order valence-corrected chi connectivity index (χ0v) is 34.7. The maximum atomic E-state index is 2.50. The minimum absolute atomic E-state index is 0.181. The Balaban J connectivity index is 0.957. The maximum absolute atomic E-state index is 2.50. The first kappa shape index (κ1) is 36.4. The molecule has 3 fully saturated rings. The van der Waals surface area contributed by atoms with Crippen molar-refractivity contribution in [3.05, 3.63) is 186 Å². The van der Waals surface area contributed by atoms with Crippen molar-refractivity contribution in [2.45, 2.75) is 88.9 Å². The second-order valence-corrected chi connectivity index (χ2v) is 18.7. The number of hydrogen-bond donors (Lipinski definition) is 0. The summed E-state index contributed by atoms with van der Waals surface area (Å²) in [7, 11) is 0. The number of rotatable bonds is 8. The van der Waals surface area contributed by atoms with E-state index in [1.807, 2.05) is 0 Å². The van der Waals surface area contributed by atoms with Gasteiger partial charge in [-0.3, -0.25) is 0 Å². The predicted molar refractivity (Wildman–Crippen MR) is 249 cm³/mol. The zero-order valence-electron chi connectivity index (χ0n) is 34.7. The topological polar surface area (TPSA) is 3.24 Å². The van der Waals surface area contributed by atoms with Crippen LogP contribution in [0.25, 0.3) is 44.5 Å². The number of anilines is 3. The number of hydrogen-bond acceptors (Lipinski definition) is 1. The quantitative estimate of drug-likeness (QED) is 0.149. The second kappa shape index (κ2) is 14.9. The first-order valence-electron chi connectivity index (χ1n) is 22.5. The van der Waals surface area contributed by atoms with Crippen molar-refractivity contribution in [1.29, 1.82) is 0 Å². The molecule has 0 saturated heterocycles. The number of fused-ring (bicyclic) bond motifs is 5. The number of benzene rings is 7. The van der Waals surface area contributed by atoms with Crippen LogP contribution >= 0.6 is 0 Å². The number of nitrogens with zero attached hydrogens (tertiary/aromatic N) is 1. The summed E-state index contributed by atoms with van der Waals surface area (Å²) >= 11 is 0. The minimum Gasteiger partial charge on any atom is -0.310 e. The van der Waals surface area contributed by atoms with Crippen LogP contribution in [0.5, 0.6) is 0 Å². The second-order valence-electron chi connectivity index (χ2n) is 18.7. The summed E-state index contributed by atoms with van der Waals surface area (Å²) in [5.74, 6) is 3.24. The van der Waals surface area contributed by atoms with E-state index in [4.69, 9.17) is 0 Å². The van der Waals surface area contributed by atoms with Gasteiger partial charge in [0.2, 0.25) is 0 Å². The lowest BCUT2D eigenvalue weighted by Gasteiger charge is -2.29. The van der Waals surface area contributed by atoms with Crippen LogP contribution in [0.3, 0.4) is 0 Å². The van der Waals surface area contributed by atoms with Gasteiger partial charge in [0.25, 0.3) is 0 Å². The van der Waals surface area contributed by atoms with Gasteiger partial charge in [-0.1, -0.05) is 167 Å². The van der Waals surface area contributed by atoms with Gasteiger partial charge < -0.3 is 4.90 Å². The molecule has 4 aliphatic carbocycles. The molecule has 0 spiro atoms. The average molecular weight is 766 g/mol. The Labute approximate surface area is 351 Å². The monoisotopic (exact) mass is 765 g/mol. The molecule has 7 aromatic rings. The smallest absolute Gasteiger partial charge is 0.0465 e. The van der Waals surface area contributed by atoms with E-state index in [0.29, 0.717) is 5.92 Å². The Morgan fingerprint density at radius 2 is 1.07 bits per heavy atom. The summed E-state index contributed by atoms with van der Waals surface area (Å²) in [6, 6.07) is 62.4. The largest absolute Gasteiger partial charge is 0.310 e. The molecule has 292 valence electrons. The molecule has 4 aliphatic rings. The van der Waals surface area contributed by atoms with Gasteiger partial charge in [-0.2, -0.15) is 0 Å². The van der Waals surface area contributed by atoms with Crippen molar-refractivity contribution < 1.29 is 0 Å². The van der Waals surface area contributed by atoms with E-state index >= 15 is 0 Å². The molecule has 2 bridgehead atoms. The molecule has 0 radical (unpaired) electrons. The molecule has 3 saturated carbocycles. The highest BCUT2D eigenvalue weighted by atomic mass is 15.1. The Bertz CT molecular complexity index is 2610. The molecular weight excluding hydrogens is 711 g/mol. The molecule has 3 atom stereocenters. The molecular formula is C58H55N. The molecule has 59 heavy (non-hydrogen) atoms. The summed E-state index contributed by atoms with van der Waals surface area (Å²) in [4.78, 5) is 2.50. The first-order chi connectivity index (χ1) is 29.0. The summed E-state index contributed by atoms with van der Waals surface area (Å²) < 4.78 is 0. The van der Waals surface area contributed by atoms with Crippen LogP contribution in [-0.2, 0) is 5.41 Å². The average Bonchev–Trinajstić information content (AvgIpc) is 4.00. The highest BCUT2D eigenvalue weighted by molar-refractivity contribution is 5.91. The van der Waals surface area contributed by atoms with Crippen molar-refractivity contribution in [2.75, 3.05) is 4.90 Å². The van der Waals surface area contributed by atoms with Crippen LogP contribution in [0.4, 0.5) is 17.1 Å². The molecule has 0 N–H and O–H groups in total. The van der Waals surface area contributed by atoms with Gasteiger partial charge in [0, 0.05) is 22.5 Å². The fourth-order valence-electron chi connectivity index (χ4n) is 11.9. The van der Waals surface area contributed by atoms with E-state index in [1.54, 1.807) is 0 Å². The van der Waals surface area contributed by atoms with Gasteiger partial charge in [0.05, 0.1) is 0 Å². The lowest BCUT2D eigenvalue weighted by atomic mass is 9.78. The lowest BCUT2D eigenvalue weighted by Crippen LogP contribution is -2.17. The van der Waals surface area contributed by atoms with Crippen molar-refractivity contribution in [2.24, 2.45) is 11.8 Å². The normalized spacial score (nSPS) is 20.3. The fraction of sp³-hybridized carbons (Fsp3) is 0.276. The van der Waals surface area contributed by atoms with Crippen molar-refractivity contribution >= 4 is 17.1 Å². The molecule has 1 nitrogen and oxygen atoms in total. The maximum Gasteiger partial charge on any atom is 0.0465 e. The van der Waals surface area contributed by atoms with E-state index in [2.05, 4.69) is 183 Å². The highest BCUT2D eigenvalue weighted by Crippen LogP contribution is 2.55. The lowest BCUT2D eigenvalue weighted by molar-refractivity contribution is 0.420. The molecule has 11 rings (SSSR count). The van der Waals surface area contributed by atoms with E-state index in [-0.39, 0.29) is 5.41 Å². The molecule has 0 amide bonds. The minimum atomic E-state index is -0.181. The van der Waals surface area contributed by atoms with E-state index in [1.165, 1.54) is 142 Å². The predicted octanol–water partition coefficient (Wildman–Crippen LogP) is 16.4. The fourth-order valence-corrected chi connectivity index (χ4v) is 11.9. The molecule has 0 aromatic heterocycles. The van der Waals surface area contributed by atoms with Gasteiger partial charge in [-0.25, -0.2) is 0 Å². The highest BCUT2D eigenvalue weighted by Gasteiger charge is 2.40. The van der Waals surface area contributed by atoms with Crippen LogP contribution in [0, 0.1) is 11.8 Å². The van der Waals surface area contributed by atoms with Crippen LogP contribution < -0.4 is 4.90 Å². The van der Waals surface area contributed by atoms with Gasteiger partial charge in [0.1, 0.15) is 0 Å². The van der Waals surface area contributed by atoms with Gasteiger partial charge >= 0.3 is 0 Å². The third kappa shape index (κ3) is 6.55. The molecule has 0 heterocycles. The zero-order chi connectivity index (χ0) is 39.5. The van der Waals surface area contributed by atoms with Gasteiger partial charge in [-0.15, -0.1) is 0 Å².